The van der Waals surface area contributed by atoms with E-state index in [0.29, 0.717) is 6.54 Å². The molecule has 0 unspecified atom stereocenters. The maximum atomic E-state index is 5.86. The Morgan fingerprint density at radius 1 is 1.20 bits per heavy atom. The second-order valence-corrected chi connectivity index (χ2v) is 5.06. The van der Waals surface area contributed by atoms with Gasteiger partial charge in [0.15, 0.2) is 0 Å². The van der Waals surface area contributed by atoms with Crippen molar-refractivity contribution in [3.63, 3.8) is 0 Å². The number of rotatable bonds is 6. The predicted octanol–water partition coefficient (Wildman–Crippen LogP) is 1.77. The number of hydrogen-bond acceptors (Lipinski definition) is 3. The summed E-state index contributed by atoms with van der Waals surface area (Å²) in [5, 5.41) is 16.1. The Balaban J connectivity index is 1.42. The van der Waals surface area contributed by atoms with Gasteiger partial charge >= 0.3 is 0 Å². The van der Waals surface area contributed by atoms with Crippen LogP contribution in [0.25, 0.3) is 0 Å². The zero-order valence-corrected chi connectivity index (χ0v) is 11.6. The summed E-state index contributed by atoms with van der Waals surface area (Å²) in [7, 11) is 0. The standard InChI is InChI=1S/C13H14ClN6/c14-12-5-3-11(4-6-12)2-1-7-19-8-13(16-19)9-20-10-15-17-18-20/h3-6,8,10H,1-2,7,9H2/q-1. The number of aromatic nitrogens is 6. The van der Waals surface area contributed by atoms with Crippen molar-refractivity contribution in [2.45, 2.75) is 25.9 Å². The van der Waals surface area contributed by atoms with Crippen LogP contribution >= 0.6 is 11.6 Å². The molecule has 0 amide bonds. The van der Waals surface area contributed by atoms with Crippen molar-refractivity contribution >= 4 is 11.6 Å². The fourth-order valence-corrected chi connectivity index (χ4v) is 2.16. The number of hydrogen-bond donors (Lipinski definition) is 0. The smallest absolute Gasteiger partial charge is 0.138 e. The lowest BCUT2D eigenvalue weighted by Gasteiger charge is -2.28. The first-order valence-electron chi connectivity index (χ1n) is 6.44. The average molecular weight is 290 g/mol. The molecule has 0 saturated carbocycles. The quantitative estimate of drug-likeness (QED) is 0.694. The van der Waals surface area contributed by atoms with Gasteiger partial charge in [0.2, 0.25) is 0 Å². The van der Waals surface area contributed by atoms with E-state index in [1.807, 2.05) is 23.0 Å². The van der Waals surface area contributed by atoms with Crippen molar-refractivity contribution in [3.05, 3.63) is 53.1 Å². The van der Waals surface area contributed by atoms with Crippen LogP contribution in [0.1, 0.15) is 17.7 Å². The Morgan fingerprint density at radius 2 is 2.00 bits per heavy atom. The average Bonchev–Trinajstić information content (AvgIpc) is 2.91. The molecule has 0 aliphatic heterocycles. The van der Waals surface area contributed by atoms with E-state index in [2.05, 4.69) is 32.8 Å². The van der Waals surface area contributed by atoms with Crippen molar-refractivity contribution in [1.29, 1.82) is 0 Å². The highest BCUT2D eigenvalue weighted by Gasteiger charge is 1.96. The van der Waals surface area contributed by atoms with Gasteiger partial charge in [-0.05, 0) is 47.2 Å². The molecule has 7 heteroatoms. The zero-order valence-electron chi connectivity index (χ0n) is 10.9. The highest BCUT2D eigenvalue weighted by atomic mass is 35.5. The Hall–Kier alpha value is -2.08. The molecule has 104 valence electrons. The van der Waals surface area contributed by atoms with Gasteiger partial charge in [-0.15, -0.1) is 10.8 Å². The molecule has 0 saturated heterocycles. The van der Waals surface area contributed by atoms with Crippen molar-refractivity contribution in [1.82, 2.24) is 30.0 Å². The third kappa shape index (κ3) is 3.27. The first-order chi connectivity index (χ1) is 9.79. The van der Waals surface area contributed by atoms with E-state index in [-0.39, 0.29) is 0 Å². The third-order valence-electron chi connectivity index (χ3n) is 3.04. The van der Waals surface area contributed by atoms with Crippen LogP contribution in [0.15, 0.2) is 36.8 Å². The molecule has 20 heavy (non-hydrogen) atoms. The largest absolute Gasteiger partial charge is 0.596 e. The van der Waals surface area contributed by atoms with Gasteiger partial charge in [-0.2, -0.15) is 0 Å². The fourth-order valence-electron chi connectivity index (χ4n) is 2.04. The first kappa shape index (κ1) is 12.9. The summed E-state index contributed by atoms with van der Waals surface area (Å²) in [6.45, 7) is 1.54. The summed E-state index contributed by atoms with van der Waals surface area (Å²) in [5.74, 6) is 0. The second-order valence-electron chi connectivity index (χ2n) is 4.62. The predicted molar refractivity (Wildman–Crippen MR) is 74.4 cm³/mol. The van der Waals surface area contributed by atoms with Gasteiger partial charge in [-0.3, -0.25) is 0 Å². The highest BCUT2D eigenvalue weighted by Crippen LogP contribution is 2.11. The molecule has 0 fully saturated rings. The molecule has 2 heterocycles. The maximum absolute atomic E-state index is 5.86. The Labute approximate surface area is 121 Å². The van der Waals surface area contributed by atoms with Gasteiger partial charge in [0, 0.05) is 11.6 Å². The lowest BCUT2D eigenvalue weighted by molar-refractivity contribution is 0.488. The summed E-state index contributed by atoms with van der Waals surface area (Å²) < 4.78 is 3.61. The van der Waals surface area contributed by atoms with E-state index in [1.165, 1.54) is 5.56 Å². The van der Waals surface area contributed by atoms with Crippen LogP contribution in [-0.2, 0) is 19.5 Å². The molecular weight excluding hydrogens is 276 g/mol. The molecule has 0 aliphatic carbocycles. The molecule has 0 spiro atoms. The van der Waals surface area contributed by atoms with Crippen molar-refractivity contribution in [3.8, 4) is 0 Å². The van der Waals surface area contributed by atoms with E-state index < -0.39 is 0 Å². The Kier molecular flexibility index (Phi) is 3.83. The van der Waals surface area contributed by atoms with Gasteiger partial charge in [0.1, 0.15) is 6.33 Å². The van der Waals surface area contributed by atoms with Gasteiger partial charge in [0.05, 0.1) is 6.54 Å². The second kappa shape index (κ2) is 5.92. The lowest BCUT2D eigenvalue weighted by atomic mass is 10.1. The van der Waals surface area contributed by atoms with Gasteiger partial charge < -0.3 is 9.78 Å². The first-order valence-corrected chi connectivity index (χ1v) is 6.81. The van der Waals surface area contributed by atoms with Crippen molar-refractivity contribution in [2.75, 3.05) is 0 Å². The molecule has 0 bridgehead atoms. The van der Waals surface area contributed by atoms with Crippen LogP contribution in [0.5, 0.6) is 0 Å². The molecule has 6 nitrogen and oxygen atoms in total. The molecule has 0 aliphatic rings. The van der Waals surface area contributed by atoms with E-state index in [1.54, 1.807) is 11.0 Å². The molecule has 0 N–H and O–H groups in total. The Morgan fingerprint density at radius 3 is 2.70 bits per heavy atom. The SMILES string of the molecule is Clc1ccc(CCCn2cc(Cn3cnnn3)[n-]2)cc1. The zero-order chi connectivity index (χ0) is 13.8. The number of halogens is 1. The molecule has 3 aromatic rings. The molecular formula is C13H14ClN6-. The topological polar surface area (TPSA) is 62.6 Å². The maximum Gasteiger partial charge on any atom is 0.138 e. The summed E-state index contributed by atoms with van der Waals surface area (Å²) >= 11 is 5.86. The lowest BCUT2D eigenvalue weighted by Crippen LogP contribution is -2.19. The van der Waals surface area contributed by atoms with Gasteiger partial charge in [0.25, 0.3) is 0 Å². The number of benzene rings is 1. The van der Waals surface area contributed by atoms with E-state index in [0.717, 1.165) is 30.1 Å². The summed E-state index contributed by atoms with van der Waals surface area (Å²) in [4.78, 5) is 0. The molecule has 1 aromatic carbocycles. The highest BCUT2D eigenvalue weighted by molar-refractivity contribution is 6.30. The summed E-state index contributed by atoms with van der Waals surface area (Å²) in [6.07, 6.45) is 5.70. The van der Waals surface area contributed by atoms with E-state index in [9.17, 15) is 0 Å². The summed E-state index contributed by atoms with van der Waals surface area (Å²) in [5.41, 5.74) is 2.29. The van der Waals surface area contributed by atoms with Crippen LogP contribution in [-0.4, -0.2) is 24.9 Å². The number of aryl methyl sites for hydroxylation is 2. The fraction of sp³-hybridized carbons (Fsp3) is 0.308. The minimum absolute atomic E-state index is 0.626. The normalized spacial score (nSPS) is 11.1. The third-order valence-corrected chi connectivity index (χ3v) is 3.29. The molecule has 2 aromatic heterocycles. The van der Waals surface area contributed by atoms with Gasteiger partial charge in [-0.1, -0.05) is 23.7 Å². The van der Waals surface area contributed by atoms with Crippen LogP contribution in [0, 0.1) is 0 Å². The number of tetrazole rings is 1. The van der Waals surface area contributed by atoms with Gasteiger partial charge in [-0.25, -0.2) is 4.68 Å². The minimum Gasteiger partial charge on any atom is -0.596 e. The Bertz CT molecular complexity index is 625. The molecule has 3 rings (SSSR count). The van der Waals surface area contributed by atoms with Crippen LogP contribution in [0.2, 0.25) is 5.02 Å². The monoisotopic (exact) mass is 289 g/mol. The number of nitrogens with zero attached hydrogens (tertiary/aromatic N) is 6. The van der Waals surface area contributed by atoms with E-state index >= 15 is 0 Å². The van der Waals surface area contributed by atoms with Crippen LogP contribution in [0.3, 0.4) is 0 Å². The molecule has 0 atom stereocenters. The van der Waals surface area contributed by atoms with Crippen molar-refractivity contribution < 1.29 is 0 Å². The minimum atomic E-state index is 0.626. The van der Waals surface area contributed by atoms with Crippen LogP contribution in [0.4, 0.5) is 0 Å². The van der Waals surface area contributed by atoms with E-state index in [4.69, 9.17) is 11.6 Å². The molecule has 0 radical (unpaired) electrons. The van der Waals surface area contributed by atoms with Crippen LogP contribution < -0.4 is 5.10 Å². The van der Waals surface area contributed by atoms with Crippen molar-refractivity contribution in [2.24, 2.45) is 0 Å². The summed E-state index contributed by atoms with van der Waals surface area (Å²) in [6, 6.07) is 7.98.